The molecule has 1 heterocycles. The van der Waals surface area contributed by atoms with E-state index >= 15 is 0 Å². The number of benzene rings is 1. The summed E-state index contributed by atoms with van der Waals surface area (Å²) in [6, 6.07) is 8.76. The van der Waals surface area contributed by atoms with E-state index in [0.717, 1.165) is 0 Å². The number of rotatable bonds is 3. The van der Waals surface area contributed by atoms with Gasteiger partial charge in [0, 0.05) is 11.4 Å². The molecule has 1 amide bonds. The molecule has 2 aromatic rings. The van der Waals surface area contributed by atoms with Gasteiger partial charge in [-0.2, -0.15) is 0 Å². The maximum Gasteiger partial charge on any atom is 0.269 e. The third-order valence-corrected chi connectivity index (χ3v) is 3.12. The zero-order chi connectivity index (χ0) is 12.3. The Bertz CT molecular complexity index is 520. The van der Waals surface area contributed by atoms with Crippen LogP contribution in [0.4, 0.5) is 11.4 Å². The van der Waals surface area contributed by atoms with Gasteiger partial charge in [-0.25, -0.2) is 0 Å². The van der Waals surface area contributed by atoms with Gasteiger partial charge < -0.3 is 15.8 Å². The van der Waals surface area contributed by atoms with E-state index < -0.39 is 0 Å². The molecule has 1 aromatic carbocycles. The Hall–Kier alpha value is -2.01. The SMILES string of the molecule is COc1ccsc1C(=O)Nc1ccc(N)cc1. The summed E-state index contributed by atoms with van der Waals surface area (Å²) in [5.41, 5.74) is 6.94. The van der Waals surface area contributed by atoms with Crippen LogP contribution in [0.25, 0.3) is 0 Å². The first-order chi connectivity index (χ1) is 8.20. The van der Waals surface area contributed by atoms with Gasteiger partial charge in [-0.05, 0) is 35.7 Å². The van der Waals surface area contributed by atoms with Crippen LogP contribution in [0, 0.1) is 0 Å². The highest BCUT2D eigenvalue weighted by atomic mass is 32.1. The van der Waals surface area contributed by atoms with Gasteiger partial charge in [0.05, 0.1) is 7.11 Å². The van der Waals surface area contributed by atoms with E-state index in [1.807, 2.05) is 5.38 Å². The lowest BCUT2D eigenvalue weighted by Gasteiger charge is -2.05. The Labute approximate surface area is 103 Å². The monoisotopic (exact) mass is 248 g/mol. The maximum absolute atomic E-state index is 11.9. The average Bonchev–Trinajstić information content (AvgIpc) is 2.80. The molecule has 5 heteroatoms. The Morgan fingerprint density at radius 2 is 2.00 bits per heavy atom. The molecule has 17 heavy (non-hydrogen) atoms. The predicted molar refractivity (Wildman–Crippen MR) is 69.7 cm³/mol. The number of thiophene rings is 1. The maximum atomic E-state index is 11.9. The van der Waals surface area contributed by atoms with Crippen LogP contribution in [0.2, 0.25) is 0 Å². The molecule has 4 nitrogen and oxygen atoms in total. The van der Waals surface area contributed by atoms with Crippen LogP contribution in [0.1, 0.15) is 9.67 Å². The van der Waals surface area contributed by atoms with Crippen molar-refractivity contribution in [2.24, 2.45) is 0 Å². The fourth-order valence-corrected chi connectivity index (χ4v) is 2.13. The van der Waals surface area contributed by atoms with Gasteiger partial charge in [0.1, 0.15) is 10.6 Å². The molecule has 0 unspecified atom stereocenters. The van der Waals surface area contributed by atoms with Crippen molar-refractivity contribution in [3.05, 3.63) is 40.6 Å². The van der Waals surface area contributed by atoms with Crippen molar-refractivity contribution in [2.45, 2.75) is 0 Å². The molecular formula is C12H12N2O2S. The lowest BCUT2D eigenvalue weighted by molar-refractivity contribution is 0.102. The number of hydrogen-bond acceptors (Lipinski definition) is 4. The van der Waals surface area contributed by atoms with Crippen LogP contribution in [0.15, 0.2) is 35.7 Å². The summed E-state index contributed by atoms with van der Waals surface area (Å²) >= 11 is 1.34. The van der Waals surface area contributed by atoms with Crippen LogP contribution in [0.5, 0.6) is 5.75 Å². The topological polar surface area (TPSA) is 64.3 Å². The van der Waals surface area contributed by atoms with Gasteiger partial charge in [-0.3, -0.25) is 4.79 Å². The van der Waals surface area contributed by atoms with Crippen LogP contribution in [0.3, 0.4) is 0 Å². The van der Waals surface area contributed by atoms with E-state index in [1.54, 1.807) is 37.4 Å². The summed E-state index contributed by atoms with van der Waals surface area (Å²) in [6.07, 6.45) is 0. The summed E-state index contributed by atoms with van der Waals surface area (Å²) in [4.78, 5) is 12.5. The van der Waals surface area contributed by atoms with Crippen molar-refractivity contribution in [1.29, 1.82) is 0 Å². The zero-order valence-electron chi connectivity index (χ0n) is 9.27. The first-order valence-electron chi connectivity index (χ1n) is 4.99. The highest BCUT2D eigenvalue weighted by Crippen LogP contribution is 2.25. The third-order valence-electron chi connectivity index (χ3n) is 2.22. The number of methoxy groups -OCH3 is 1. The molecule has 0 spiro atoms. The van der Waals surface area contributed by atoms with Crippen LogP contribution in [-0.2, 0) is 0 Å². The fourth-order valence-electron chi connectivity index (χ4n) is 1.38. The molecule has 0 aliphatic carbocycles. The van der Waals surface area contributed by atoms with Crippen molar-refractivity contribution < 1.29 is 9.53 Å². The van der Waals surface area contributed by atoms with Crippen LogP contribution >= 0.6 is 11.3 Å². The molecule has 88 valence electrons. The predicted octanol–water partition coefficient (Wildman–Crippen LogP) is 2.59. The summed E-state index contributed by atoms with van der Waals surface area (Å²) in [5.74, 6) is 0.407. The second-order valence-electron chi connectivity index (χ2n) is 3.39. The molecule has 2 rings (SSSR count). The highest BCUT2D eigenvalue weighted by molar-refractivity contribution is 7.12. The molecule has 0 aliphatic heterocycles. The Kier molecular flexibility index (Phi) is 3.30. The van der Waals surface area contributed by atoms with Crippen LogP contribution < -0.4 is 15.8 Å². The van der Waals surface area contributed by atoms with Gasteiger partial charge in [0.25, 0.3) is 5.91 Å². The van der Waals surface area contributed by atoms with E-state index in [9.17, 15) is 4.79 Å². The minimum Gasteiger partial charge on any atom is -0.495 e. The number of anilines is 2. The molecule has 1 aromatic heterocycles. The van der Waals surface area contributed by atoms with E-state index in [-0.39, 0.29) is 5.91 Å². The largest absolute Gasteiger partial charge is 0.495 e. The second kappa shape index (κ2) is 4.88. The highest BCUT2D eigenvalue weighted by Gasteiger charge is 2.13. The van der Waals surface area contributed by atoms with Crippen molar-refractivity contribution >= 4 is 28.6 Å². The average molecular weight is 248 g/mol. The molecule has 0 saturated heterocycles. The molecule has 0 bridgehead atoms. The molecule has 0 radical (unpaired) electrons. The van der Waals surface area contributed by atoms with E-state index in [4.69, 9.17) is 10.5 Å². The Morgan fingerprint density at radius 3 is 2.65 bits per heavy atom. The number of carbonyl (C=O) groups excluding carboxylic acids is 1. The van der Waals surface area contributed by atoms with E-state index in [0.29, 0.717) is 22.0 Å². The minimum absolute atomic E-state index is 0.179. The zero-order valence-corrected chi connectivity index (χ0v) is 10.1. The van der Waals surface area contributed by atoms with Crippen molar-refractivity contribution in [2.75, 3.05) is 18.2 Å². The lowest BCUT2D eigenvalue weighted by Crippen LogP contribution is -2.11. The van der Waals surface area contributed by atoms with E-state index in [2.05, 4.69) is 5.32 Å². The van der Waals surface area contributed by atoms with Crippen molar-refractivity contribution in [3.63, 3.8) is 0 Å². The molecule has 0 saturated carbocycles. The first kappa shape index (κ1) is 11.5. The van der Waals surface area contributed by atoms with Gasteiger partial charge in [-0.15, -0.1) is 11.3 Å². The molecule has 0 fully saturated rings. The number of carbonyl (C=O) groups is 1. The van der Waals surface area contributed by atoms with Gasteiger partial charge in [0.2, 0.25) is 0 Å². The summed E-state index contributed by atoms with van der Waals surface area (Å²) < 4.78 is 5.09. The van der Waals surface area contributed by atoms with Crippen molar-refractivity contribution in [3.8, 4) is 5.75 Å². The quantitative estimate of drug-likeness (QED) is 0.820. The van der Waals surface area contributed by atoms with Gasteiger partial charge in [0.15, 0.2) is 0 Å². The first-order valence-corrected chi connectivity index (χ1v) is 5.87. The van der Waals surface area contributed by atoms with Gasteiger partial charge in [-0.1, -0.05) is 0 Å². The molecular weight excluding hydrogens is 236 g/mol. The number of ether oxygens (including phenoxy) is 1. The second-order valence-corrected chi connectivity index (χ2v) is 4.31. The Balaban J connectivity index is 2.14. The Morgan fingerprint density at radius 1 is 1.29 bits per heavy atom. The van der Waals surface area contributed by atoms with Crippen LogP contribution in [-0.4, -0.2) is 13.0 Å². The molecule has 0 atom stereocenters. The number of hydrogen-bond donors (Lipinski definition) is 2. The number of nitrogen functional groups attached to an aromatic ring is 1. The number of nitrogens with two attached hydrogens (primary N) is 1. The summed E-state index contributed by atoms with van der Waals surface area (Å²) in [7, 11) is 1.54. The van der Waals surface area contributed by atoms with Gasteiger partial charge >= 0.3 is 0 Å². The van der Waals surface area contributed by atoms with E-state index in [1.165, 1.54) is 11.3 Å². The summed E-state index contributed by atoms with van der Waals surface area (Å²) in [5, 5.41) is 4.60. The smallest absolute Gasteiger partial charge is 0.269 e. The third kappa shape index (κ3) is 2.57. The summed E-state index contributed by atoms with van der Waals surface area (Å²) in [6.45, 7) is 0. The molecule has 0 aliphatic rings. The lowest BCUT2D eigenvalue weighted by atomic mass is 10.3. The standard InChI is InChI=1S/C12H12N2O2S/c1-16-10-6-7-17-11(10)12(15)14-9-4-2-8(13)3-5-9/h2-7H,13H2,1H3,(H,14,15). The minimum atomic E-state index is -0.179. The molecule has 3 N–H and O–H groups in total. The number of amides is 1. The number of nitrogens with one attached hydrogen (secondary N) is 1. The normalized spacial score (nSPS) is 9.94. The fraction of sp³-hybridized carbons (Fsp3) is 0.0833. The van der Waals surface area contributed by atoms with Crippen molar-refractivity contribution in [1.82, 2.24) is 0 Å².